The third-order valence-corrected chi connectivity index (χ3v) is 8.80. The van der Waals surface area contributed by atoms with Gasteiger partial charge in [0.2, 0.25) is 15.9 Å². The minimum atomic E-state index is -3.57. The first-order valence-corrected chi connectivity index (χ1v) is 14.5. The molecule has 3 aromatic rings. The highest BCUT2D eigenvalue weighted by molar-refractivity contribution is 8.00. The molecule has 0 spiro atoms. The predicted molar refractivity (Wildman–Crippen MR) is 145 cm³/mol. The van der Waals surface area contributed by atoms with Crippen molar-refractivity contribution in [3.05, 3.63) is 90.5 Å². The zero-order valence-corrected chi connectivity index (χ0v) is 22.0. The number of benzene rings is 3. The number of sulfonamides is 1. The van der Waals surface area contributed by atoms with E-state index in [0.29, 0.717) is 18.8 Å². The van der Waals surface area contributed by atoms with Gasteiger partial charge >= 0.3 is 0 Å². The summed E-state index contributed by atoms with van der Waals surface area (Å²) >= 11 is 1.48. The molecule has 0 aliphatic carbocycles. The second-order valence-corrected chi connectivity index (χ2v) is 11.5. The van der Waals surface area contributed by atoms with Crippen LogP contribution in [-0.4, -0.2) is 31.7 Å². The normalized spacial score (nSPS) is 12.4. The number of hydrogen-bond donors (Lipinski definition) is 1. The first-order chi connectivity index (χ1) is 17.0. The van der Waals surface area contributed by atoms with E-state index < -0.39 is 15.3 Å². The Kier molecular flexibility index (Phi) is 10.4. The number of thioether (sulfide) groups is 1. The van der Waals surface area contributed by atoms with Gasteiger partial charge in [0, 0.05) is 23.7 Å². The molecular formula is C28H34N2O3S2. The summed E-state index contributed by atoms with van der Waals surface area (Å²) in [4.78, 5) is 14.5. The predicted octanol–water partition coefficient (Wildman–Crippen LogP) is 6.75. The Labute approximate surface area is 214 Å². The van der Waals surface area contributed by atoms with Crippen molar-refractivity contribution in [3.63, 3.8) is 0 Å². The van der Waals surface area contributed by atoms with Crippen LogP contribution >= 0.6 is 11.8 Å². The molecule has 0 bridgehead atoms. The molecule has 1 unspecified atom stereocenters. The Morgan fingerprint density at radius 2 is 1.37 bits per heavy atom. The van der Waals surface area contributed by atoms with Gasteiger partial charge in [0.1, 0.15) is 5.25 Å². The fourth-order valence-corrected chi connectivity index (χ4v) is 6.19. The van der Waals surface area contributed by atoms with Gasteiger partial charge in [-0.1, -0.05) is 75.2 Å². The highest BCUT2D eigenvalue weighted by Gasteiger charge is 2.25. The number of nitrogens with zero attached hydrogens (tertiary/aromatic N) is 1. The van der Waals surface area contributed by atoms with Gasteiger partial charge in [-0.25, -0.2) is 8.42 Å². The van der Waals surface area contributed by atoms with E-state index in [4.69, 9.17) is 0 Å². The summed E-state index contributed by atoms with van der Waals surface area (Å²) in [6.45, 7) is 5.15. The number of hydrogen-bond acceptors (Lipinski definition) is 4. The van der Waals surface area contributed by atoms with Gasteiger partial charge in [-0.2, -0.15) is 4.31 Å². The number of carbonyl (C=O) groups excluding carboxylic acids is 1. The van der Waals surface area contributed by atoms with E-state index in [-0.39, 0.29) is 10.8 Å². The van der Waals surface area contributed by atoms with Crippen LogP contribution in [0.2, 0.25) is 0 Å². The van der Waals surface area contributed by atoms with Crippen molar-refractivity contribution in [1.29, 1.82) is 0 Å². The van der Waals surface area contributed by atoms with Crippen molar-refractivity contribution >= 4 is 33.4 Å². The van der Waals surface area contributed by atoms with E-state index in [2.05, 4.69) is 19.2 Å². The summed E-state index contributed by atoms with van der Waals surface area (Å²) < 4.78 is 28.0. The molecule has 0 aliphatic heterocycles. The maximum Gasteiger partial charge on any atom is 0.243 e. The summed E-state index contributed by atoms with van der Waals surface area (Å²) in [5, 5.41) is 2.53. The van der Waals surface area contributed by atoms with Gasteiger partial charge in [0.15, 0.2) is 0 Å². The summed E-state index contributed by atoms with van der Waals surface area (Å²) in [7, 11) is -3.57. The zero-order valence-electron chi connectivity index (χ0n) is 20.4. The van der Waals surface area contributed by atoms with E-state index >= 15 is 0 Å². The lowest BCUT2D eigenvalue weighted by Gasteiger charge is -2.22. The molecule has 0 fully saturated rings. The molecule has 1 atom stereocenters. The third-order valence-electron chi connectivity index (χ3n) is 5.62. The highest BCUT2D eigenvalue weighted by atomic mass is 32.2. The molecule has 5 nitrogen and oxygen atoms in total. The topological polar surface area (TPSA) is 66.5 Å². The molecule has 186 valence electrons. The van der Waals surface area contributed by atoms with Crippen LogP contribution in [0.15, 0.2) is 94.7 Å². The van der Waals surface area contributed by atoms with E-state index in [1.807, 2.05) is 60.7 Å². The lowest BCUT2D eigenvalue weighted by Crippen LogP contribution is -2.33. The first kappa shape index (κ1) is 27.0. The summed E-state index contributed by atoms with van der Waals surface area (Å²) in [6, 6.07) is 26.0. The Bertz CT molecular complexity index is 1140. The van der Waals surface area contributed by atoms with Crippen LogP contribution in [0.1, 0.15) is 50.3 Å². The van der Waals surface area contributed by atoms with Crippen molar-refractivity contribution in [2.45, 2.75) is 54.6 Å². The fourth-order valence-electron chi connectivity index (χ4n) is 3.62. The van der Waals surface area contributed by atoms with Crippen molar-refractivity contribution < 1.29 is 13.2 Å². The van der Waals surface area contributed by atoms with E-state index in [0.717, 1.165) is 36.1 Å². The molecular weight excluding hydrogens is 476 g/mol. The van der Waals surface area contributed by atoms with Crippen molar-refractivity contribution in [1.82, 2.24) is 4.31 Å². The quantitative estimate of drug-likeness (QED) is 0.258. The molecule has 0 saturated heterocycles. The van der Waals surface area contributed by atoms with Gasteiger partial charge in [-0.15, -0.1) is 11.8 Å². The second kappa shape index (κ2) is 13.5. The maximum atomic E-state index is 13.3. The SMILES string of the molecule is CCCCN(CCCC)S(=O)(=O)c1ccc(NC(=O)C(Sc2ccccc2)c2ccccc2)cc1. The molecule has 1 amide bonds. The molecule has 7 heteroatoms. The molecule has 0 radical (unpaired) electrons. The van der Waals surface area contributed by atoms with Crippen LogP contribution in [0.25, 0.3) is 0 Å². The standard InChI is InChI=1S/C28H34N2O3S2/c1-3-5-21-30(22-6-4-2)35(32,33)26-19-17-24(18-20-26)29-28(31)27(23-13-9-7-10-14-23)34-25-15-11-8-12-16-25/h7-20,27H,3-6,21-22H2,1-2H3,(H,29,31). The molecule has 0 aromatic heterocycles. The molecule has 35 heavy (non-hydrogen) atoms. The van der Waals surface area contributed by atoms with Crippen molar-refractivity contribution in [2.24, 2.45) is 0 Å². The van der Waals surface area contributed by atoms with E-state index in [1.54, 1.807) is 28.6 Å². The zero-order chi connectivity index (χ0) is 25.1. The molecule has 3 aromatic carbocycles. The number of rotatable bonds is 13. The lowest BCUT2D eigenvalue weighted by molar-refractivity contribution is -0.115. The Balaban J connectivity index is 1.77. The van der Waals surface area contributed by atoms with Crippen LogP contribution in [0.5, 0.6) is 0 Å². The average molecular weight is 511 g/mol. The van der Waals surface area contributed by atoms with Gasteiger partial charge in [-0.05, 0) is 54.8 Å². The highest BCUT2D eigenvalue weighted by Crippen LogP contribution is 2.36. The fraction of sp³-hybridized carbons (Fsp3) is 0.321. The van der Waals surface area contributed by atoms with Gasteiger partial charge in [0.25, 0.3) is 0 Å². The van der Waals surface area contributed by atoms with Crippen molar-refractivity contribution in [2.75, 3.05) is 18.4 Å². The number of anilines is 1. The van der Waals surface area contributed by atoms with Crippen LogP contribution < -0.4 is 5.32 Å². The largest absolute Gasteiger partial charge is 0.325 e. The molecule has 0 saturated carbocycles. The molecule has 1 N–H and O–H groups in total. The van der Waals surface area contributed by atoms with Crippen LogP contribution in [-0.2, 0) is 14.8 Å². The molecule has 3 rings (SSSR count). The number of amides is 1. The van der Waals surface area contributed by atoms with Crippen molar-refractivity contribution in [3.8, 4) is 0 Å². The Morgan fingerprint density at radius 3 is 1.91 bits per heavy atom. The first-order valence-electron chi connectivity index (χ1n) is 12.1. The lowest BCUT2D eigenvalue weighted by atomic mass is 10.1. The molecule has 0 aliphatic rings. The second-order valence-electron chi connectivity index (χ2n) is 8.35. The van der Waals surface area contributed by atoms with Gasteiger partial charge in [0.05, 0.1) is 4.90 Å². The minimum absolute atomic E-state index is 0.159. The van der Waals surface area contributed by atoms with Crippen LogP contribution in [0.4, 0.5) is 5.69 Å². The summed E-state index contributed by atoms with van der Waals surface area (Å²) in [5.41, 5.74) is 1.47. The number of carbonyl (C=O) groups is 1. The number of unbranched alkanes of at least 4 members (excludes halogenated alkanes) is 2. The smallest absolute Gasteiger partial charge is 0.243 e. The molecule has 0 heterocycles. The number of nitrogens with one attached hydrogen (secondary N) is 1. The summed E-state index contributed by atoms with van der Waals surface area (Å²) in [5.74, 6) is -0.159. The van der Waals surface area contributed by atoms with Gasteiger partial charge < -0.3 is 5.32 Å². The Hall–Kier alpha value is -2.61. The maximum absolute atomic E-state index is 13.3. The summed E-state index contributed by atoms with van der Waals surface area (Å²) in [6.07, 6.45) is 3.54. The van der Waals surface area contributed by atoms with Gasteiger partial charge in [-0.3, -0.25) is 4.79 Å². The van der Waals surface area contributed by atoms with Crippen LogP contribution in [0, 0.1) is 0 Å². The minimum Gasteiger partial charge on any atom is -0.325 e. The monoisotopic (exact) mass is 510 g/mol. The van der Waals surface area contributed by atoms with E-state index in [9.17, 15) is 13.2 Å². The Morgan fingerprint density at radius 1 is 0.829 bits per heavy atom. The van der Waals surface area contributed by atoms with Crippen LogP contribution in [0.3, 0.4) is 0 Å². The average Bonchev–Trinajstić information content (AvgIpc) is 2.88. The third kappa shape index (κ3) is 7.69. The van der Waals surface area contributed by atoms with E-state index in [1.165, 1.54) is 11.8 Å².